The van der Waals surface area contributed by atoms with Crippen LogP contribution in [0.5, 0.6) is 5.75 Å². The van der Waals surface area contributed by atoms with Gasteiger partial charge in [0, 0.05) is 29.4 Å². The lowest BCUT2D eigenvalue weighted by Gasteiger charge is -2.16. The number of nitro benzene ring substituents is 1. The highest BCUT2D eigenvalue weighted by Crippen LogP contribution is 2.27. The summed E-state index contributed by atoms with van der Waals surface area (Å²) in [6.45, 7) is 7.99. The zero-order valence-electron chi connectivity index (χ0n) is 18.0. The average molecular weight is 488 g/mol. The van der Waals surface area contributed by atoms with E-state index in [-0.39, 0.29) is 17.3 Å². The van der Waals surface area contributed by atoms with Crippen molar-refractivity contribution in [2.75, 3.05) is 11.1 Å². The molecule has 1 N–H and O–H groups in total. The quantitative estimate of drug-likeness (QED) is 0.181. The Labute approximate surface area is 200 Å². The summed E-state index contributed by atoms with van der Waals surface area (Å²) in [6, 6.07) is 11.0. The van der Waals surface area contributed by atoms with Crippen LogP contribution in [0.15, 0.2) is 60.3 Å². The molecule has 1 unspecified atom stereocenters. The predicted molar refractivity (Wildman–Crippen MR) is 128 cm³/mol. The molecule has 0 aliphatic rings. The van der Waals surface area contributed by atoms with Crippen molar-refractivity contribution in [1.82, 2.24) is 14.8 Å². The number of nitro groups is 1. The molecule has 1 atom stereocenters. The van der Waals surface area contributed by atoms with Gasteiger partial charge in [-0.15, -0.1) is 16.8 Å². The number of rotatable bonds is 10. The van der Waals surface area contributed by atoms with E-state index in [9.17, 15) is 14.9 Å². The zero-order valence-corrected chi connectivity index (χ0v) is 19.6. The van der Waals surface area contributed by atoms with Crippen molar-refractivity contribution in [3.63, 3.8) is 0 Å². The molecule has 1 heterocycles. The number of amides is 1. The molecule has 0 aliphatic carbocycles. The second kappa shape index (κ2) is 11.0. The summed E-state index contributed by atoms with van der Waals surface area (Å²) in [6.07, 6.45) is 1.31. The van der Waals surface area contributed by atoms with E-state index in [0.717, 1.165) is 5.56 Å². The van der Waals surface area contributed by atoms with Crippen molar-refractivity contribution in [2.45, 2.75) is 31.7 Å². The fourth-order valence-electron chi connectivity index (χ4n) is 2.95. The molecular formula is C22H22ClN5O4S. The van der Waals surface area contributed by atoms with Gasteiger partial charge in [-0.25, -0.2) is 0 Å². The van der Waals surface area contributed by atoms with Crippen LogP contribution in [-0.2, 0) is 11.3 Å². The third kappa shape index (κ3) is 6.33. The molecule has 0 bridgehead atoms. The van der Waals surface area contributed by atoms with Crippen LogP contribution in [0.1, 0.15) is 24.4 Å². The number of non-ortho nitro benzene ring substituents is 1. The number of carbonyl (C=O) groups excluding carboxylic acids is 1. The Morgan fingerprint density at radius 3 is 2.70 bits per heavy atom. The maximum absolute atomic E-state index is 12.3. The molecule has 0 fully saturated rings. The lowest BCUT2D eigenvalue weighted by Crippen LogP contribution is -2.15. The van der Waals surface area contributed by atoms with Crippen molar-refractivity contribution in [3.05, 3.63) is 81.6 Å². The van der Waals surface area contributed by atoms with Crippen LogP contribution in [0.2, 0.25) is 5.02 Å². The topological polar surface area (TPSA) is 112 Å². The van der Waals surface area contributed by atoms with Crippen molar-refractivity contribution in [1.29, 1.82) is 0 Å². The molecule has 9 nitrogen and oxygen atoms in total. The van der Waals surface area contributed by atoms with Gasteiger partial charge >= 0.3 is 0 Å². The summed E-state index contributed by atoms with van der Waals surface area (Å²) in [4.78, 5) is 22.6. The number of aryl methyl sites for hydroxylation is 1. The van der Waals surface area contributed by atoms with E-state index in [1.165, 1.54) is 36.0 Å². The monoisotopic (exact) mass is 487 g/mol. The van der Waals surface area contributed by atoms with E-state index in [1.54, 1.807) is 18.2 Å². The van der Waals surface area contributed by atoms with Crippen LogP contribution in [0.25, 0.3) is 0 Å². The van der Waals surface area contributed by atoms with Gasteiger partial charge < -0.3 is 10.1 Å². The Bertz CT molecular complexity index is 1170. The van der Waals surface area contributed by atoms with Crippen molar-refractivity contribution in [3.8, 4) is 5.75 Å². The molecule has 1 aromatic heterocycles. The summed E-state index contributed by atoms with van der Waals surface area (Å²) in [5, 5.41) is 23.1. The number of nitrogens with zero attached hydrogens (tertiary/aromatic N) is 4. The number of benzene rings is 2. The predicted octanol–water partition coefficient (Wildman–Crippen LogP) is 5.20. The number of halogens is 1. The summed E-state index contributed by atoms with van der Waals surface area (Å²) < 4.78 is 7.85. The lowest BCUT2D eigenvalue weighted by molar-refractivity contribution is -0.384. The summed E-state index contributed by atoms with van der Waals surface area (Å²) in [5.41, 5.74) is 1.33. The van der Waals surface area contributed by atoms with Crippen molar-refractivity contribution >= 4 is 40.6 Å². The van der Waals surface area contributed by atoms with Crippen LogP contribution in [0, 0.1) is 17.0 Å². The summed E-state index contributed by atoms with van der Waals surface area (Å²) in [7, 11) is 0. The molecule has 0 spiro atoms. The van der Waals surface area contributed by atoms with Gasteiger partial charge in [0.2, 0.25) is 5.91 Å². The summed E-state index contributed by atoms with van der Waals surface area (Å²) >= 11 is 7.30. The van der Waals surface area contributed by atoms with E-state index in [4.69, 9.17) is 16.3 Å². The first-order valence-electron chi connectivity index (χ1n) is 9.92. The van der Waals surface area contributed by atoms with Crippen LogP contribution in [-0.4, -0.2) is 31.3 Å². The normalized spacial score (nSPS) is 11.6. The smallest absolute Gasteiger partial charge is 0.269 e. The molecule has 3 rings (SSSR count). The van der Waals surface area contributed by atoms with Gasteiger partial charge in [-0.2, -0.15) is 0 Å². The Kier molecular flexibility index (Phi) is 8.07. The van der Waals surface area contributed by atoms with Crippen molar-refractivity contribution < 1.29 is 14.5 Å². The molecule has 0 saturated heterocycles. The first-order valence-corrected chi connectivity index (χ1v) is 11.3. The Morgan fingerprint density at radius 2 is 2.06 bits per heavy atom. The second-order valence-electron chi connectivity index (χ2n) is 7.05. The van der Waals surface area contributed by atoms with E-state index in [1.807, 2.05) is 24.5 Å². The molecule has 172 valence electrons. The fraction of sp³-hybridized carbons (Fsp3) is 0.227. The molecule has 11 heteroatoms. The maximum atomic E-state index is 12.3. The number of allylic oxidation sites excluding steroid dienone is 1. The van der Waals surface area contributed by atoms with Crippen LogP contribution < -0.4 is 10.1 Å². The van der Waals surface area contributed by atoms with Gasteiger partial charge in [0.1, 0.15) is 5.75 Å². The van der Waals surface area contributed by atoms with E-state index in [2.05, 4.69) is 22.1 Å². The van der Waals surface area contributed by atoms with Gasteiger partial charge in [-0.05, 0) is 49.7 Å². The molecular weight excluding hydrogens is 466 g/mol. The van der Waals surface area contributed by atoms with E-state index in [0.29, 0.717) is 34.0 Å². The minimum absolute atomic E-state index is 0.0440. The number of carbonyl (C=O) groups is 1. The Morgan fingerprint density at radius 1 is 1.33 bits per heavy atom. The molecule has 1 amide bonds. The molecule has 0 saturated carbocycles. The first kappa shape index (κ1) is 24.3. The van der Waals surface area contributed by atoms with Gasteiger partial charge in [0.15, 0.2) is 17.1 Å². The largest absolute Gasteiger partial charge is 0.483 e. The lowest BCUT2D eigenvalue weighted by atomic mass is 10.2. The molecule has 3 aromatic rings. The zero-order chi connectivity index (χ0) is 24.0. The second-order valence-corrected chi connectivity index (χ2v) is 8.40. The van der Waals surface area contributed by atoms with E-state index < -0.39 is 11.0 Å². The fourth-order valence-corrected chi connectivity index (χ4v) is 3.82. The maximum Gasteiger partial charge on any atom is 0.269 e. The summed E-state index contributed by atoms with van der Waals surface area (Å²) in [5.74, 6) is 1.07. The SMILES string of the molecule is C=CCn1c(SCC(=O)Nc2ccc([N+](=O)[O-])cc2)nnc1C(C)Oc1ccc(Cl)c(C)c1. The number of hydrogen-bond donors (Lipinski definition) is 1. The van der Waals surface area contributed by atoms with Gasteiger partial charge in [0.05, 0.1) is 10.7 Å². The average Bonchev–Trinajstić information content (AvgIpc) is 3.18. The van der Waals surface area contributed by atoms with Gasteiger partial charge in [-0.3, -0.25) is 19.5 Å². The highest BCUT2D eigenvalue weighted by molar-refractivity contribution is 7.99. The number of nitrogens with one attached hydrogen (secondary N) is 1. The van der Waals surface area contributed by atoms with Gasteiger partial charge in [0.25, 0.3) is 5.69 Å². The molecule has 33 heavy (non-hydrogen) atoms. The third-order valence-electron chi connectivity index (χ3n) is 4.56. The molecule has 2 aromatic carbocycles. The van der Waals surface area contributed by atoms with Crippen LogP contribution in [0.3, 0.4) is 0 Å². The minimum Gasteiger partial charge on any atom is -0.483 e. The third-order valence-corrected chi connectivity index (χ3v) is 5.95. The van der Waals surface area contributed by atoms with Crippen LogP contribution >= 0.6 is 23.4 Å². The van der Waals surface area contributed by atoms with Crippen LogP contribution in [0.4, 0.5) is 11.4 Å². The van der Waals surface area contributed by atoms with Crippen molar-refractivity contribution in [2.24, 2.45) is 0 Å². The van der Waals surface area contributed by atoms with E-state index >= 15 is 0 Å². The van der Waals surface area contributed by atoms with Gasteiger partial charge in [-0.1, -0.05) is 29.4 Å². The highest BCUT2D eigenvalue weighted by Gasteiger charge is 2.20. The number of anilines is 1. The first-order chi connectivity index (χ1) is 15.8. The minimum atomic E-state index is -0.496. The molecule has 0 aliphatic heterocycles. The Hall–Kier alpha value is -3.37. The number of hydrogen-bond acceptors (Lipinski definition) is 7. The Balaban J connectivity index is 1.65. The number of thioether (sulfide) groups is 1. The standard InChI is InChI=1S/C22H22ClN5O4S/c1-4-11-27-21(15(3)32-18-9-10-19(23)14(2)12-18)25-26-22(27)33-13-20(29)24-16-5-7-17(8-6-16)28(30)31/h4-10,12,15H,1,11,13H2,2-3H3,(H,24,29). The highest BCUT2D eigenvalue weighted by atomic mass is 35.5. The number of ether oxygens (including phenoxy) is 1. The number of aromatic nitrogens is 3. The molecule has 0 radical (unpaired) electrons.